The Morgan fingerprint density at radius 2 is 2.06 bits per heavy atom. The van der Waals surface area contributed by atoms with Crippen LogP contribution in [-0.2, 0) is 16.6 Å². The quantitative estimate of drug-likeness (QED) is 0.720. The predicted molar refractivity (Wildman–Crippen MR) is 61.4 cm³/mol. The number of nitrogens with two attached hydrogens (primary N) is 2. The van der Waals surface area contributed by atoms with E-state index in [9.17, 15) is 18.7 Å². The first-order chi connectivity index (χ1) is 7.67. The molecule has 1 heterocycles. The van der Waals surface area contributed by atoms with E-state index in [1.165, 1.54) is 6.92 Å². The molecule has 1 aromatic rings. The van der Waals surface area contributed by atoms with Gasteiger partial charge < -0.3 is 16.6 Å². The zero-order chi connectivity index (χ0) is 13.0. The van der Waals surface area contributed by atoms with Gasteiger partial charge in [-0.1, -0.05) is 0 Å². The summed E-state index contributed by atoms with van der Waals surface area (Å²) in [7, 11) is 0. The van der Waals surface area contributed by atoms with Crippen LogP contribution in [0.2, 0.25) is 0 Å². The fourth-order valence-corrected chi connectivity index (χ4v) is 3.53. The maximum atomic E-state index is 13.5. The van der Waals surface area contributed by atoms with Crippen molar-refractivity contribution in [3.8, 4) is 0 Å². The highest BCUT2D eigenvalue weighted by molar-refractivity contribution is 7.16. The van der Waals surface area contributed by atoms with Crippen molar-refractivity contribution in [2.75, 3.05) is 11.5 Å². The molecule has 1 atom stereocenters. The molecule has 1 aliphatic carbocycles. The van der Waals surface area contributed by atoms with E-state index in [0.29, 0.717) is 0 Å². The Morgan fingerprint density at radius 1 is 1.47 bits per heavy atom. The minimum Gasteiger partial charge on any atom is -0.481 e. The molecule has 0 spiro atoms. The summed E-state index contributed by atoms with van der Waals surface area (Å²) in [5.74, 6) is -4.34. The molecule has 7 heteroatoms. The summed E-state index contributed by atoms with van der Waals surface area (Å²) in [6.07, 6.45) is -1.24. The lowest BCUT2D eigenvalue weighted by atomic mass is 9.72. The fraction of sp³-hybridized carbons (Fsp3) is 0.500. The van der Waals surface area contributed by atoms with E-state index < -0.39 is 30.1 Å². The molecule has 0 fully saturated rings. The molecular weight excluding hydrogens is 250 g/mol. The first-order valence-corrected chi connectivity index (χ1v) is 5.77. The van der Waals surface area contributed by atoms with Gasteiger partial charge in [0.05, 0.1) is 11.1 Å². The average molecular weight is 262 g/mol. The number of halogens is 2. The standard InChI is InChI=1S/C10H12F2N2O2S/c1-9(8(15)16)3-10(11,12)2-4-5(9)6(13)7(14)17-4/h2-3,13-14H2,1H3,(H,15,16). The van der Waals surface area contributed by atoms with E-state index in [4.69, 9.17) is 11.5 Å². The Hall–Kier alpha value is -1.37. The summed E-state index contributed by atoms with van der Waals surface area (Å²) in [4.78, 5) is 11.5. The number of carbonyl (C=O) groups is 1. The number of anilines is 2. The number of fused-ring (bicyclic) bond motifs is 1. The Bertz CT molecular complexity index is 501. The first kappa shape index (κ1) is 12.1. The second-order valence-corrected chi connectivity index (χ2v) is 5.66. The maximum Gasteiger partial charge on any atom is 0.314 e. The van der Waals surface area contributed by atoms with Crippen molar-refractivity contribution in [1.82, 2.24) is 0 Å². The van der Waals surface area contributed by atoms with Gasteiger partial charge in [0.2, 0.25) is 0 Å². The lowest BCUT2D eigenvalue weighted by Crippen LogP contribution is -2.44. The van der Waals surface area contributed by atoms with Gasteiger partial charge in [-0.15, -0.1) is 11.3 Å². The number of rotatable bonds is 1. The number of nitrogen functional groups attached to an aromatic ring is 2. The van der Waals surface area contributed by atoms with Crippen LogP contribution in [0.5, 0.6) is 0 Å². The molecule has 0 aliphatic heterocycles. The van der Waals surface area contributed by atoms with Crippen molar-refractivity contribution in [2.24, 2.45) is 0 Å². The average Bonchev–Trinajstić information content (AvgIpc) is 2.39. The van der Waals surface area contributed by atoms with Gasteiger partial charge in [0, 0.05) is 23.3 Å². The molecule has 94 valence electrons. The minimum atomic E-state index is -3.04. The third-order valence-corrected chi connectivity index (χ3v) is 4.14. The molecule has 1 aliphatic rings. The topological polar surface area (TPSA) is 89.3 Å². The van der Waals surface area contributed by atoms with Crippen molar-refractivity contribution in [1.29, 1.82) is 0 Å². The molecule has 5 N–H and O–H groups in total. The Kier molecular flexibility index (Phi) is 2.36. The summed E-state index contributed by atoms with van der Waals surface area (Å²) >= 11 is 0.948. The molecule has 2 rings (SSSR count). The minimum absolute atomic E-state index is 0.130. The van der Waals surface area contributed by atoms with Gasteiger partial charge in [-0.25, -0.2) is 8.78 Å². The number of hydrogen-bond donors (Lipinski definition) is 3. The zero-order valence-electron chi connectivity index (χ0n) is 9.09. The highest BCUT2D eigenvalue weighted by Gasteiger charge is 2.52. The van der Waals surface area contributed by atoms with Gasteiger partial charge in [-0.2, -0.15) is 0 Å². The van der Waals surface area contributed by atoms with E-state index in [1.807, 2.05) is 0 Å². The summed E-state index contributed by atoms with van der Waals surface area (Å²) in [6, 6.07) is 0. The van der Waals surface area contributed by atoms with E-state index >= 15 is 0 Å². The number of aliphatic carboxylic acids is 1. The molecule has 0 radical (unpaired) electrons. The molecule has 0 bridgehead atoms. The van der Waals surface area contributed by atoms with Gasteiger partial charge in [-0.05, 0) is 6.92 Å². The highest BCUT2D eigenvalue weighted by Crippen LogP contribution is 2.51. The number of carboxylic acids is 1. The van der Waals surface area contributed by atoms with E-state index in [1.54, 1.807) is 0 Å². The van der Waals surface area contributed by atoms with Crippen LogP contribution in [0, 0.1) is 0 Å². The third kappa shape index (κ3) is 1.65. The third-order valence-electron chi connectivity index (χ3n) is 3.10. The Labute approximate surface area is 100 Å². The van der Waals surface area contributed by atoms with Crippen LogP contribution in [0.3, 0.4) is 0 Å². The van der Waals surface area contributed by atoms with Gasteiger partial charge in [0.15, 0.2) is 0 Å². The van der Waals surface area contributed by atoms with E-state index in [2.05, 4.69) is 0 Å². The number of carboxylic acid groups (broad SMARTS) is 1. The number of thiophene rings is 1. The van der Waals surface area contributed by atoms with Gasteiger partial charge >= 0.3 is 5.97 Å². The summed E-state index contributed by atoms with van der Waals surface area (Å²) in [6.45, 7) is 1.27. The SMILES string of the molecule is CC1(C(=O)O)CC(F)(F)Cc2sc(N)c(N)c21. The second kappa shape index (κ2) is 3.32. The van der Waals surface area contributed by atoms with Gasteiger partial charge in [0.1, 0.15) is 5.00 Å². The second-order valence-electron chi connectivity index (χ2n) is 4.52. The Balaban J connectivity index is 2.69. The first-order valence-electron chi connectivity index (χ1n) is 4.96. The molecule has 0 saturated carbocycles. The fourth-order valence-electron chi connectivity index (χ4n) is 2.33. The van der Waals surface area contributed by atoms with Crippen LogP contribution in [-0.4, -0.2) is 17.0 Å². The molecule has 0 saturated heterocycles. The van der Waals surface area contributed by atoms with Crippen molar-refractivity contribution >= 4 is 28.0 Å². The molecule has 0 amide bonds. The van der Waals surface area contributed by atoms with E-state index in [0.717, 1.165) is 11.3 Å². The van der Waals surface area contributed by atoms with Crippen molar-refractivity contribution in [3.05, 3.63) is 10.4 Å². The van der Waals surface area contributed by atoms with Crippen LogP contribution < -0.4 is 11.5 Å². The molecule has 1 aromatic heterocycles. The number of hydrogen-bond acceptors (Lipinski definition) is 4. The predicted octanol–water partition coefficient (Wildman–Crippen LogP) is 1.84. The lowest BCUT2D eigenvalue weighted by Gasteiger charge is -2.35. The summed E-state index contributed by atoms with van der Waals surface area (Å²) in [5, 5.41) is 9.39. The molecule has 4 nitrogen and oxygen atoms in total. The summed E-state index contributed by atoms with van der Waals surface area (Å²) < 4.78 is 27.1. The monoisotopic (exact) mass is 262 g/mol. The van der Waals surface area contributed by atoms with Gasteiger partial charge in [-0.3, -0.25) is 4.79 Å². The smallest absolute Gasteiger partial charge is 0.314 e. The van der Waals surface area contributed by atoms with Crippen molar-refractivity contribution in [3.63, 3.8) is 0 Å². The Morgan fingerprint density at radius 3 is 2.59 bits per heavy atom. The van der Waals surface area contributed by atoms with Crippen molar-refractivity contribution in [2.45, 2.75) is 31.1 Å². The lowest BCUT2D eigenvalue weighted by molar-refractivity contribution is -0.148. The van der Waals surface area contributed by atoms with Crippen molar-refractivity contribution < 1.29 is 18.7 Å². The van der Waals surface area contributed by atoms with Crippen LogP contribution in [0.4, 0.5) is 19.5 Å². The molecule has 17 heavy (non-hydrogen) atoms. The summed E-state index contributed by atoms with van der Waals surface area (Å²) in [5.41, 5.74) is 10.0. The highest BCUT2D eigenvalue weighted by atomic mass is 32.1. The molecular formula is C10H12F2N2O2S. The van der Waals surface area contributed by atoms with Crippen LogP contribution in [0.1, 0.15) is 23.8 Å². The van der Waals surface area contributed by atoms with E-state index in [-0.39, 0.29) is 21.1 Å². The largest absolute Gasteiger partial charge is 0.481 e. The van der Waals surface area contributed by atoms with Crippen LogP contribution >= 0.6 is 11.3 Å². The zero-order valence-corrected chi connectivity index (χ0v) is 9.91. The van der Waals surface area contributed by atoms with Crippen LogP contribution in [0.25, 0.3) is 0 Å². The molecule has 0 aromatic carbocycles. The maximum absolute atomic E-state index is 13.5. The van der Waals surface area contributed by atoms with Gasteiger partial charge in [0.25, 0.3) is 5.92 Å². The van der Waals surface area contributed by atoms with Crippen LogP contribution in [0.15, 0.2) is 0 Å². The number of alkyl halides is 2. The normalized spacial score (nSPS) is 26.5. The molecule has 1 unspecified atom stereocenters.